The van der Waals surface area contributed by atoms with Gasteiger partial charge in [-0.05, 0) is 25.1 Å². The molecule has 0 radical (unpaired) electrons. The molecule has 5 heteroatoms. The fourth-order valence-electron chi connectivity index (χ4n) is 1.04. The summed E-state index contributed by atoms with van der Waals surface area (Å²) in [5, 5.41) is 20.5. The normalized spacial score (nSPS) is 9.67. The molecule has 0 bridgehead atoms. The average molecular weight is 209 g/mol. The lowest BCUT2D eigenvalue weighted by Gasteiger charge is -2.02. The van der Waals surface area contributed by atoms with E-state index in [1.807, 2.05) is 0 Å². The molecule has 0 atom stereocenters. The predicted molar refractivity (Wildman–Crippen MR) is 52.8 cm³/mol. The van der Waals surface area contributed by atoms with Crippen LogP contribution in [0.3, 0.4) is 0 Å². The minimum Gasteiger partial charge on any atom is -0.504 e. The highest BCUT2D eigenvalue weighted by atomic mass is 16.3. The minimum atomic E-state index is -0.743. The number of phenolic OH excluding ortho intramolecular Hbond substituents is 2. The van der Waals surface area contributed by atoms with Gasteiger partial charge in [0.2, 0.25) is 5.78 Å². The van der Waals surface area contributed by atoms with E-state index in [1.54, 1.807) is 6.92 Å². The van der Waals surface area contributed by atoms with Gasteiger partial charge in [-0.25, -0.2) is 0 Å². The van der Waals surface area contributed by atoms with E-state index in [-0.39, 0.29) is 11.3 Å². The quantitative estimate of drug-likeness (QED) is 0.382. The summed E-state index contributed by atoms with van der Waals surface area (Å²) in [7, 11) is 0. The van der Waals surface area contributed by atoms with Gasteiger partial charge in [0.1, 0.15) is 0 Å². The van der Waals surface area contributed by atoms with E-state index >= 15 is 0 Å². The first-order valence-corrected chi connectivity index (χ1v) is 4.40. The molecule has 0 aliphatic heterocycles. The van der Waals surface area contributed by atoms with E-state index in [2.05, 4.69) is 5.32 Å². The van der Waals surface area contributed by atoms with E-state index in [0.717, 1.165) is 12.1 Å². The van der Waals surface area contributed by atoms with Crippen molar-refractivity contribution >= 4 is 11.7 Å². The van der Waals surface area contributed by atoms with Crippen molar-refractivity contribution in [2.75, 3.05) is 6.54 Å². The lowest BCUT2D eigenvalue weighted by Crippen LogP contribution is -2.30. The molecular weight excluding hydrogens is 198 g/mol. The van der Waals surface area contributed by atoms with Crippen LogP contribution in [-0.4, -0.2) is 28.4 Å². The number of aromatic hydroxyl groups is 2. The third kappa shape index (κ3) is 2.46. The average Bonchev–Trinajstić information content (AvgIpc) is 2.21. The van der Waals surface area contributed by atoms with Gasteiger partial charge in [0.25, 0.3) is 5.91 Å². The number of hydrogen-bond donors (Lipinski definition) is 3. The fourth-order valence-corrected chi connectivity index (χ4v) is 1.04. The maximum absolute atomic E-state index is 11.4. The number of carbonyl (C=O) groups excluding carboxylic acids is 2. The SMILES string of the molecule is CCNC(=O)C(=O)c1ccc(O)c(O)c1. The van der Waals surface area contributed by atoms with E-state index < -0.39 is 17.4 Å². The number of carbonyl (C=O) groups is 2. The lowest BCUT2D eigenvalue weighted by atomic mass is 10.1. The second-order valence-corrected chi connectivity index (χ2v) is 2.89. The van der Waals surface area contributed by atoms with E-state index in [1.165, 1.54) is 6.07 Å². The molecular formula is C10H11NO4. The summed E-state index contributed by atoms with van der Waals surface area (Å²) in [5.74, 6) is -2.23. The number of phenols is 2. The first kappa shape index (κ1) is 11.0. The van der Waals surface area contributed by atoms with Gasteiger partial charge >= 0.3 is 0 Å². The molecule has 0 fully saturated rings. The molecule has 80 valence electrons. The second-order valence-electron chi connectivity index (χ2n) is 2.89. The van der Waals surface area contributed by atoms with Gasteiger partial charge in [-0.15, -0.1) is 0 Å². The van der Waals surface area contributed by atoms with Crippen LogP contribution in [0.4, 0.5) is 0 Å². The molecule has 0 unspecified atom stereocenters. The Morgan fingerprint density at radius 2 is 1.93 bits per heavy atom. The predicted octanol–water partition coefficient (Wildman–Crippen LogP) is 0.417. The Labute approximate surface area is 86.4 Å². The van der Waals surface area contributed by atoms with Gasteiger partial charge < -0.3 is 15.5 Å². The van der Waals surface area contributed by atoms with Gasteiger partial charge in [-0.1, -0.05) is 0 Å². The van der Waals surface area contributed by atoms with Gasteiger partial charge in [0.15, 0.2) is 11.5 Å². The molecule has 0 spiro atoms. The monoisotopic (exact) mass is 209 g/mol. The highest BCUT2D eigenvalue weighted by molar-refractivity contribution is 6.42. The van der Waals surface area contributed by atoms with Gasteiger partial charge in [0, 0.05) is 12.1 Å². The Hall–Kier alpha value is -2.04. The summed E-state index contributed by atoms with van der Waals surface area (Å²) >= 11 is 0. The van der Waals surface area contributed by atoms with Crippen LogP contribution < -0.4 is 5.32 Å². The third-order valence-electron chi connectivity index (χ3n) is 1.78. The number of benzene rings is 1. The molecule has 3 N–H and O–H groups in total. The zero-order chi connectivity index (χ0) is 11.4. The number of rotatable bonds is 3. The van der Waals surface area contributed by atoms with E-state index in [4.69, 9.17) is 10.2 Å². The first-order chi connectivity index (χ1) is 7.06. The van der Waals surface area contributed by atoms with Crippen molar-refractivity contribution in [1.29, 1.82) is 0 Å². The summed E-state index contributed by atoms with van der Waals surface area (Å²) in [6.07, 6.45) is 0. The largest absolute Gasteiger partial charge is 0.504 e. The van der Waals surface area contributed by atoms with Crippen molar-refractivity contribution < 1.29 is 19.8 Å². The Bertz CT molecular complexity index is 400. The Morgan fingerprint density at radius 3 is 2.47 bits per heavy atom. The van der Waals surface area contributed by atoms with Crippen LogP contribution in [0.15, 0.2) is 18.2 Å². The van der Waals surface area contributed by atoms with Crippen LogP contribution in [0.5, 0.6) is 11.5 Å². The second kappa shape index (κ2) is 4.45. The molecule has 0 aliphatic carbocycles. The lowest BCUT2D eigenvalue weighted by molar-refractivity contribution is -0.116. The molecule has 1 rings (SSSR count). The number of ketones is 1. The number of nitrogens with one attached hydrogen (secondary N) is 1. The van der Waals surface area contributed by atoms with Crippen LogP contribution in [0.25, 0.3) is 0 Å². The van der Waals surface area contributed by atoms with Crippen molar-refractivity contribution in [2.45, 2.75) is 6.92 Å². The first-order valence-electron chi connectivity index (χ1n) is 4.40. The van der Waals surface area contributed by atoms with Gasteiger partial charge in [0.05, 0.1) is 0 Å². The molecule has 1 aromatic carbocycles. The molecule has 1 aromatic rings. The Kier molecular flexibility index (Phi) is 3.28. The summed E-state index contributed by atoms with van der Waals surface area (Å²) in [4.78, 5) is 22.5. The zero-order valence-electron chi connectivity index (χ0n) is 8.15. The smallest absolute Gasteiger partial charge is 0.292 e. The van der Waals surface area contributed by atoms with Crippen molar-refractivity contribution in [3.63, 3.8) is 0 Å². The topological polar surface area (TPSA) is 86.6 Å². The minimum absolute atomic E-state index is 0.0382. The van der Waals surface area contributed by atoms with Crippen molar-refractivity contribution in [3.8, 4) is 11.5 Å². The molecule has 0 saturated carbocycles. The molecule has 15 heavy (non-hydrogen) atoms. The van der Waals surface area contributed by atoms with Crippen LogP contribution in [0.1, 0.15) is 17.3 Å². The van der Waals surface area contributed by atoms with Crippen LogP contribution in [-0.2, 0) is 4.79 Å². The van der Waals surface area contributed by atoms with Crippen molar-refractivity contribution in [3.05, 3.63) is 23.8 Å². The molecule has 1 amide bonds. The molecule has 0 heterocycles. The van der Waals surface area contributed by atoms with Crippen LogP contribution in [0.2, 0.25) is 0 Å². The molecule has 5 nitrogen and oxygen atoms in total. The third-order valence-corrected chi connectivity index (χ3v) is 1.78. The van der Waals surface area contributed by atoms with Gasteiger partial charge in [-0.2, -0.15) is 0 Å². The number of Topliss-reactive ketones (excluding diaryl/α,β-unsaturated/α-hetero) is 1. The Morgan fingerprint density at radius 1 is 1.27 bits per heavy atom. The Balaban J connectivity index is 2.92. The summed E-state index contributed by atoms with van der Waals surface area (Å²) in [6.45, 7) is 2.05. The number of likely N-dealkylation sites (N-methyl/N-ethyl adjacent to an activating group) is 1. The maximum atomic E-state index is 11.4. The van der Waals surface area contributed by atoms with Crippen molar-refractivity contribution in [2.24, 2.45) is 0 Å². The van der Waals surface area contributed by atoms with E-state index in [0.29, 0.717) is 6.54 Å². The van der Waals surface area contributed by atoms with Gasteiger partial charge in [-0.3, -0.25) is 9.59 Å². The number of hydrogen-bond acceptors (Lipinski definition) is 4. The highest BCUT2D eigenvalue weighted by Crippen LogP contribution is 2.24. The van der Waals surface area contributed by atoms with E-state index in [9.17, 15) is 9.59 Å². The highest BCUT2D eigenvalue weighted by Gasteiger charge is 2.16. The summed E-state index contributed by atoms with van der Waals surface area (Å²) in [5.41, 5.74) is 0.0382. The van der Waals surface area contributed by atoms with Crippen molar-refractivity contribution in [1.82, 2.24) is 5.32 Å². The number of amides is 1. The molecule has 0 aliphatic rings. The zero-order valence-corrected chi connectivity index (χ0v) is 8.15. The summed E-state index contributed by atoms with van der Waals surface area (Å²) in [6, 6.07) is 3.47. The van der Waals surface area contributed by atoms with Crippen LogP contribution in [0, 0.1) is 0 Å². The molecule has 0 aromatic heterocycles. The fraction of sp³-hybridized carbons (Fsp3) is 0.200. The molecule has 0 saturated heterocycles. The van der Waals surface area contributed by atoms with Crippen LogP contribution >= 0.6 is 0 Å². The summed E-state index contributed by atoms with van der Waals surface area (Å²) < 4.78 is 0. The maximum Gasteiger partial charge on any atom is 0.292 e. The standard InChI is InChI=1S/C10H11NO4/c1-2-11-10(15)9(14)6-3-4-7(12)8(13)5-6/h3-5,12-13H,2H2,1H3,(H,11,15).